The Morgan fingerprint density at radius 1 is 0.952 bits per heavy atom. The number of carbonyl (C=O) groups is 6. The van der Waals surface area contributed by atoms with Gasteiger partial charge in [-0.25, -0.2) is 14.2 Å². The number of aliphatic hydroxyl groups excluding tert-OH is 1. The number of fused-ring (bicyclic) bond motifs is 5. The molecule has 62 heavy (non-hydrogen) atoms. The number of nitrogens with zero attached hydrogens (tertiary/aromatic N) is 2. The van der Waals surface area contributed by atoms with Gasteiger partial charge in [-0.2, -0.15) is 0 Å². The predicted octanol–water partition coefficient (Wildman–Crippen LogP) is 0.115. The van der Waals surface area contributed by atoms with Gasteiger partial charge in [0.1, 0.15) is 31.8 Å². The first-order valence-corrected chi connectivity index (χ1v) is 20.2. The van der Waals surface area contributed by atoms with E-state index >= 15 is 4.39 Å². The van der Waals surface area contributed by atoms with E-state index in [2.05, 4.69) is 31.9 Å². The van der Waals surface area contributed by atoms with E-state index in [1.54, 1.807) is 31.2 Å². The van der Waals surface area contributed by atoms with Gasteiger partial charge in [0.2, 0.25) is 29.5 Å². The highest BCUT2D eigenvalue weighted by Crippen LogP contribution is 2.45. The van der Waals surface area contributed by atoms with Crippen LogP contribution < -0.4 is 37.5 Å². The lowest BCUT2D eigenvalue weighted by atomic mass is 9.81. The molecule has 2 aromatic heterocycles. The third-order valence-corrected chi connectivity index (χ3v) is 11.1. The van der Waals surface area contributed by atoms with Gasteiger partial charge in [0.25, 0.3) is 5.56 Å². The van der Waals surface area contributed by atoms with Crippen molar-refractivity contribution < 1.29 is 47.7 Å². The SMILES string of the molecule is Cc1c(F)cc2nc3c(c4c2c1CC[C@@H]4NC(=O)COCNC(=O)CNC(=O)[C@H](Cc1ccccc1)NC(=O)CNC(=O)CNC(C)C)Cn1c-3cc2c(c1=O)COC(=O)[C@H]2O. The number of carbonyl (C=O) groups excluding carboxylic acids is 6. The number of cyclic esters (lactones) is 1. The van der Waals surface area contributed by atoms with Gasteiger partial charge >= 0.3 is 5.97 Å². The molecule has 4 aromatic rings. The van der Waals surface area contributed by atoms with Crippen LogP contribution in [0.1, 0.15) is 71.4 Å². The minimum absolute atomic E-state index is 0.0230. The summed E-state index contributed by atoms with van der Waals surface area (Å²) in [5.41, 5.74) is 4.11. The maximum absolute atomic E-state index is 15.2. The van der Waals surface area contributed by atoms with Crippen LogP contribution in [0.4, 0.5) is 4.39 Å². The fourth-order valence-corrected chi connectivity index (χ4v) is 7.95. The molecule has 19 heteroatoms. The van der Waals surface area contributed by atoms with E-state index in [1.807, 2.05) is 19.9 Å². The van der Waals surface area contributed by atoms with Crippen LogP contribution in [-0.2, 0) is 64.2 Å². The molecule has 3 atom stereocenters. The average Bonchev–Trinajstić information content (AvgIpc) is 3.62. The van der Waals surface area contributed by atoms with Crippen LogP contribution in [0.15, 0.2) is 47.3 Å². The second kappa shape index (κ2) is 18.6. The zero-order valence-corrected chi connectivity index (χ0v) is 34.3. The Hall–Kier alpha value is -6.57. The number of hydrogen-bond acceptors (Lipinski definition) is 12. The van der Waals surface area contributed by atoms with Crippen LogP contribution in [-0.4, -0.2) is 95.2 Å². The highest BCUT2D eigenvalue weighted by molar-refractivity contribution is 5.94. The number of amides is 5. The first-order chi connectivity index (χ1) is 29.7. The largest absolute Gasteiger partial charge is 0.458 e. The topological polar surface area (TPSA) is 248 Å². The summed E-state index contributed by atoms with van der Waals surface area (Å²) in [6, 6.07) is 10.2. The summed E-state index contributed by atoms with van der Waals surface area (Å²) >= 11 is 0. The summed E-state index contributed by atoms with van der Waals surface area (Å²) in [5.74, 6) is -4.09. The molecule has 7 N–H and O–H groups in total. The zero-order valence-electron chi connectivity index (χ0n) is 34.3. The Balaban J connectivity index is 0.957. The van der Waals surface area contributed by atoms with E-state index < -0.39 is 72.3 Å². The molecule has 1 aliphatic carbocycles. The summed E-state index contributed by atoms with van der Waals surface area (Å²) in [6.45, 7) is 3.60. The third-order valence-electron chi connectivity index (χ3n) is 11.1. The molecule has 326 valence electrons. The van der Waals surface area contributed by atoms with Crippen molar-refractivity contribution in [2.75, 3.05) is 33.0 Å². The summed E-state index contributed by atoms with van der Waals surface area (Å²) < 4.78 is 27.1. The van der Waals surface area contributed by atoms with Crippen molar-refractivity contribution in [2.45, 2.75) is 77.4 Å². The number of rotatable bonds is 16. The molecule has 0 radical (unpaired) electrons. The molecule has 4 heterocycles. The molecule has 0 saturated heterocycles. The van der Waals surface area contributed by atoms with Crippen molar-refractivity contribution in [3.8, 4) is 11.4 Å². The fourth-order valence-electron chi connectivity index (χ4n) is 7.95. The van der Waals surface area contributed by atoms with E-state index in [0.717, 1.165) is 11.1 Å². The van der Waals surface area contributed by atoms with E-state index in [9.17, 15) is 38.7 Å². The van der Waals surface area contributed by atoms with Crippen molar-refractivity contribution >= 4 is 46.4 Å². The Morgan fingerprint density at radius 3 is 2.45 bits per heavy atom. The molecule has 18 nitrogen and oxygen atoms in total. The minimum atomic E-state index is -1.65. The number of nitrogens with one attached hydrogen (secondary N) is 6. The van der Waals surface area contributed by atoms with Crippen LogP contribution in [0.3, 0.4) is 0 Å². The molecule has 2 aliphatic heterocycles. The van der Waals surface area contributed by atoms with E-state index in [-0.39, 0.29) is 62.5 Å². The molecule has 5 amide bonds. The standard InChI is InChI=1S/C43H47FN8O10/c1-21(2)45-14-33(53)46-16-35(55)50-31(11-23-7-5-4-6-8-23)41(58)47-15-34(54)48-20-61-19-36(56)49-29-10-9-24-22(3)28(44)13-30-37(24)38(29)26-17-52-32(39(26)51-30)12-25-27(42(52)59)18-62-43(60)40(25)57/h4-8,12-13,21,29,31,40,45,57H,9-11,14-20H2,1-3H3,(H,46,53)(H,47,58)(H,48,54)(H,49,56)(H,50,55)/t29-,31-,40-/m0/s1. The van der Waals surface area contributed by atoms with E-state index in [0.29, 0.717) is 51.8 Å². The maximum atomic E-state index is 15.2. The van der Waals surface area contributed by atoms with Gasteiger partial charge < -0.3 is 51.0 Å². The number of aryl methyl sites for hydroxylation is 1. The number of ether oxygens (including phenoxy) is 2. The Kier molecular flexibility index (Phi) is 13.0. The van der Waals surface area contributed by atoms with Crippen LogP contribution >= 0.6 is 0 Å². The molecular weight excluding hydrogens is 808 g/mol. The molecule has 2 aromatic carbocycles. The number of pyridine rings is 2. The first kappa shape index (κ1) is 43.5. The van der Waals surface area contributed by atoms with Gasteiger partial charge in [0.05, 0.1) is 54.7 Å². The Labute approximate surface area is 354 Å². The Morgan fingerprint density at radius 2 is 1.69 bits per heavy atom. The van der Waals surface area contributed by atoms with Crippen LogP contribution in [0.2, 0.25) is 0 Å². The predicted molar refractivity (Wildman–Crippen MR) is 219 cm³/mol. The van der Waals surface area contributed by atoms with Gasteiger partial charge in [-0.1, -0.05) is 44.2 Å². The highest BCUT2D eigenvalue weighted by Gasteiger charge is 2.37. The van der Waals surface area contributed by atoms with E-state index in [4.69, 9.17) is 14.5 Å². The number of hydrogen-bond donors (Lipinski definition) is 7. The molecule has 0 bridgehead atoms. The number of aromatic nitrogens is 2. The molecule has 0 fully saturated rings. The molecule has 0 unspecified atom stereocenters. The monoisotopic (exact) mass is 854 g/mol. The highest BCUT2D eigenvalue weighted by atomic mass is 19.1. The molecule has 7 rings (SSSR count). The quantitative estimate of drug-likeness (QED) is 0.0398. The van der Waals surface area contributed by atoms with Gasteiger partial charge in [-0.3, -0.25) is 28.8 Å². The number of halogens is 1. The van der Waals surface area contributed by atoms with Crippen molar-refractivity contribution in [3.63, 3.8) is 0 Å². The van der Waals surface area contributed by atoms with Gasteiger partial charge in [-0.15, -0.1) is 0 Å². The smallest absolute Gasteiger partial charge is 0.340 e. The van der Waals surface area contributed by atoms with Crippen LogP contribution in [0, 0.1) is 12.7 Å². The second-order valence-electron chi connectivity index (χ2n) is 15.7. The van der Waals surface area contributed by atoms with Crippen molar-refractivity contribution in [3.05, 3.63) is 97.6 Å². The lowest BCUT2D eigenvalue weighted by molar-refractivity contribution is -0.157. The van der Waals surface area contributed by atoms with Crippen molar-refractivity contribution in [1.82, 2.24) is 41.5 Å². The van der Waals surface area contributed by atoms with Gasteiger partial charge in [0.15, 0.2) is 6.10 Å². The zero-order chi connectivity index (χ0) is 44.2. The number of benzene rings is 2. The summed E-state index contributed by atoms with van der Waals surface area (Å²) in [5, 5.41) is 27.3. The maximum Gasteiger partial charge on any atom is 0.340 e. The van der Waals surface area contributed by atoms with Crippen molar-refractivity contribution in [2.24, 2.45) is 0 Å². The van der Waals surface area contributed by atoms with Gasteiger partial charge in [-0.05, 0) is 48.1 Å². The lowest BCUT2D eigenvalue weighted by Gasteiger charge is -2.29. The summed E-state index contributed by atoms with van der Waals surface area (Å²) in [7, 11) is 0. The lowest BCUT2D eigenvalue weighted by Crippen LogP contribution is -2.52. The Bertz CT molecular complexity index is 2530. The average molecular weight is 855 g/mol. The first-order valence-electron chi connectivity index (χ1n) is 20.2. The molecular formula is C43H47FN8O10. The fraction of sp³-hybridized carbons (Fsp3) is 0.395. The van der Waals surface area contributed by atoms with E-state index in [1.165, 1.54) is 16.7 Å². The van der Waals surface area contributed by atoms with Gasteiger partial charge in [0, 0.05) is 35.0 Å². The molecule has 0 saturated carbocycles. The third kappa shape index (κ3) is 9.34. The second-order valence-corrected chi connectivity index (χ2v) is 15.7. The summed E-state index contributed by atoms with van der Waals surface area (Å²) in [4.78, 5) is 94.5. The number of aliphatic hydroxyl groups is 1. The molecule has 3 aliphatic rings. The minimum Gasteiger partial charge on any atom is -0.458 e. The normalized spacial score (nSPS) is 16.4. The van der Waals surface area contributed by atoms with Crippen molar-refractivity contribution in [1.29, 1.82) is 0 Å². The number of esters is 1. The van der Waals surface area contributed by atoms with Crippen LogP contribution in [0.5, 0.6) is 0 Å². The molecule has 0 spiro atoms. The summed E-state index contributed by atoms with van der Waals surface area (Å²) in [6.07, 6.45) is -0.711. The van der Waals surface area contributed by atoms with Crippen LogP contribution in [0.25, 0.3) is 22.3 Å².